The summed E-state index contributed by atoms with van der Waals surface area (Å²) in [5, 5.41) is 6.85. The average Bonchev–Trinajstić information content (AvgIpc) is 3.53. The van der Waals surface area contributed by atoms with E-state index in [0.29, 0.717) is 17.9 Å². The SMILES string of the molecule is CCCCCCN[C@H]1c2cc3ccccc3cc2[C@@H]2[C@H]1CCC21c2ccccc2-c2ccccc21. The molecule has 1 N–H and O–H groups in total. The molecule has 4 aromatic carbocycles. The molecular weight excluding hydrogens is 422 g/mol. The third-order valence-electron chi connectivity index (χ3n) is 9.38. The molecule has 1 spiro atoms. The maximum Gasteiger partial charge on any atom is 0.0358 e. The van der Waals surface area contributed by atoms with Gasteiger partial charge in [-0.25, -0.2) is 0 Å². The Morgan fingerprint density at radius 2 is 1.37 bits per heavy atom. The van der Waals surface area contributed by atoms with E-state index in [4.69, 9.17) is 0 Å². The Morgan fingerprint density at radius 1 is 0.743 bits per heavy atom. The molecule has 3 aliphatic carbocycles. The lowest BCUT2D eigenvalue weighted by molar-refractivity contribution is 0.347. The minimum absolute atomic E-state index is 0.0910. The van der Waals surface area contributed by atoms with Crippen molar-refractivity contribution in [2.24, 2.45) is 5.92 Å². The summed E-state index contributed by atoms with van der Waals surface area (Å²) in [7, 11) is 0. The van der Waals surface area contributed by atoms with Gasteiger partial charge in [-0.1, -0.05) is 105 Å². The molecule has 176 valence electrons. The molecule has 1 saturated carbocycles. The molecule has 1 fully saturated rings. The Hall–Kier alpha value is -2.90. The van der Waals surface area contributed by atoms with E-state index in [-0.39, 0.29) is 5.41 Å². The van der Waals surface area contributed by atoms with Crippen molar-refractivity contribution >= 4 is 10.8 Å². The van der Waals surface area contributed by atoms with Gasteiger partial charge in [0.15, 0.2) is 0 Å². The number of unbranched alkanes of at least 4 members (excludes halogenated alkanes) is 3. The summed E-state index contributed by atoms with van der Waals surface area (Å²) in [5.74, 6) is 1.17. The second-order valence-electron chi connectivity index (χ2n) is 11.1. The van der Waals surface area contributed by atoms with E-state index in [2.05, 4.69) is 97.2 Å². The standard InChI is InChI=1S/C34H35N/c1-2-3-4-11-20-35-33-27-18-19-34(30-16-9-7-14-25(30)26-15-8-10-17-31(26)34)32(27)28-21-23-12-5-6-13-24(23)22-29(28)33/h5-10,12-17,21-22,27,32-33,35H,2-4,11,18-20H2,1H3/t27-,32+,33-/m1/s1. The van der Waals surface area contributed by atoms with Crippen molar-refractivity contribution in [1.29, 1.82) is 0 Å². The number of nitrogens with one attached hydrogen (secondary N) is 1. The number of hydrogen-bond acceptors (Lipinski definition) is 1. The minimum Gasteiger partial charge on any atom is -0.310 e. The van der Waals surface area contributed by atoms with E-state index in [1.165, 1.54) is 60.4 Å². The Kier molecular flexibility index (Phi) is 5.10. The van der Waals surface area contributed by atoms with Crippen molar-refractivity contribution in [2.45, 2.75) is 62.8 Å². The van der Waals surface area contributed by atoms with Crippen LogP contribution in [-0.4, -0.2) is 6.54 Å². The van der Waals surface area contributed by atoms with Gasteiger partial charge in [0.1, 0.15) is 0 Å². The van der Waals surface area contributed by atoms with Crippen LogP contribution in [0.1, 0.15) is 79.7 Å². The first-order valence-electron chi connectivity index (χ1n) is 13.8. The largest absolute Gasteiger partial charge is 0.310 e. The number of rotatable bonds is 6. The zero-order chi connectivity index (χ0) is 23.4. The van der Waals surface area contributed by atoms with E-state index < -0.39 is 0 Å². The summed E-state index contributed by atoms with van der Waals surface area (Å²) < 4.78 is 0. The summed E-state index contributed by atoms with van der Waals surface area (Å²) in [5.41, 5.74) is 9.31. The normalized spacial score (nSPS) is 22.8. The molecule has 0 unspecified atom stereocenters. The highest BCUT2D eigenvalue weighted by Crippen LogP contribution is 2.69. The lowest BCUT2D eigenvalue weighted by atomic mass is 9.67. The molecule has 4 aromatic rings. The first-order valence-corrected chi connectivity index (χ1v) is 13.8. The molecule has 3 aliphatic rings. The highest BCUT2D eigenvalue weighted by Gasteiger charge is 2.60. The van der Waals surface area contributed by atoms with Gasteiger partial charge in [-0.05, 0) is 81.9 Å². The molecule has 3 atom stereocenters. The van der Waals surface area contributed by atoms with Gasteiger partial charge in [0, 0.05) is 17.4 Å². The van der Waals surface area contributed by atoms with Crippen LogP contribution in [0.15, 0.2) is 84.9 Å². The summed E-state index contributed by atoms with van der Waals surface area (Å²) in [6.45, 7) is 3.42. The molecule has 35 heavy (non-hydrogen) atoms. The first-order chi connectivity index (χ1) is 17.3. The van der Waals surface area contributed by atoms with Gasteiger partial charge < -0.3 is 5.32 Å². The number of hydrogen-bond donors (Lipinski definition) is 1. The Bertz CT molecular complexity index is 1350. The highest BCUT2D eigenvalue weighted by atomic mass is 14.9. The second kappa shape index (κ2) is 8.35. The van der Waals surface area contributed by atoms with Gasteiger partial charge in [-0.15, -0.1) is 0 Å². The fourth-order valence-corrected chi connectivity index (χ4v) is 8.02. The zero-order valence-corrected chi connectivity index (χ0v) is 20.8. The third kappa shape index (κ3) is 3.04. The summed E-state index contributed by atoms with van der Waals surface area (Å²) >= 11 is 0. The maximum absolute atomic E-state index is 4.09. The topological polar surface area (TPSA) is 12.0 Å². The fourth-order valence-electron chi connectivity index (χ4n) is 8.02. The van der Waals surface area contributed by atoms with Gasteiger partial charge in [0.2, 0.25) is 0 Å². The molecule has 1 heteroatoms. The lowest BCUT2D eigenvalue weighted by Crippen LogP contribution is -2.31. The van der Waals surface area contributed by atoms with Crippen LogP contribution in [0.2, 0.25) is 0 Å². The smallest absolute Gasteiger partial charge is 0.0358 e. The predicted octanol–water partition coefficient (Wildman–Crippen LogP) is 8.52. The first kappa shape index (κ1) is 21.4. The van der Waals surface area contributed by atoms with Crippen LogP contribution >= 0.6 is 0 Å². The van der Waals surface area contributed by atoms with Gasteiger partial charge in [-0.2, -0.15) is 0 Å². The van der Waals surface area contributed by atoms with Crippen molar-refractivity contribution in [3.8, 4) is 11.1 Å². The molecule has 0 amide bonds. The van der Waals surface area contributed by atoms with Crippen LogP contribution < -0.4 is 5.32 Å². The number of fused-ring (bicyclic) bond motifs is 10. The van der Waals surface area contributed by atoms with Gasteiger partial charge in [0.25, 0.3) is 0 Å². The molecule has 0 radical (unpaired) electrons. The van der Waals surface area contributed by atoms with E-state index in [0.717, 1.165) is 6.54 Å². The van der Waals surface area contributed by atoms with Crippen molar-refractivity contribution in [2.75, 3.05) is 6.54 Å². The average molecular weight is 458 g/mol. The Morgan fingerprint density at radius 3 is 2.06 bits per heavy atom. The Balaban J connectivity index is 1.39. The van der Waals surface area contributed by atoms with Gasteiger partial charge in [0.05, 0.1) is 0 Å². The molecule has 0 aromatic heterocycles. The molecule has 7 rings (SSSR count). The van der Waals surface area contributed by atoms with Crippen LogP contribution in [0, 0.1) is 5.92 Å². The number of benzene rings is 4. The van der Waals surface area contributed by atoms with Gasteiger partial charge >= 0.3 is 0 Å². The van der Waals surface area contributed by atoms with Crippen molar-refractivity contribution in [3.63, 3.8) is 0 Å². The van der Waals surface area contributed by atoms with Crippen molar-refractivity contribution in [3.05, 3.63) is 107 Å². The quantitative estimate of drug-likeness (QED) is 0.286. The van der Waals surface area contributed by atoms with Crippen LogP contribution in [0.25, 0.3) is 21.9 Å². The molecule has 0 bridgehead atoms. The van der Waals surface area contributed by atoms with Crippen molar-refractivity contribution in [1.82, 2.24) is 5.32 Å². The van der Waals surface area contributed by atoms with E-state index in [1.807, 2.05) is 0 Å². The summed E-state index contributed by atoms with van der Waals surface area (Å²) in [4.78, 5) is 0. The molecule has 0 saturated heterocycles. The maximum atomic E-state index is 4.09. The van der Waals surface area contributed by atoms with E-state index in [1.54, 1.807) is 22.3 Å². The summed E-state index contributed by atoms with van der Waals surface area (Å²) in [6, 6.07) is 33.0. The third-order valence-corrected chi connectivity index (χ3v) is 9.38. The van der Waals surface area contributed by atoms with Crippen LogP contribution in [0.4, 0.5) is 0 Å². The lowest BCUT2D eigenvalue weighted by Gasteiger charge is -2.35. The molecular formula is C34H35N. The van der Waals surface area contributed by atoms with Crippen LogP contribution in [-0.2, 0) is 5.41 Å². The molecule has 1 nitrogen and oxygen atoms in total. The fraction of sp³-hybridized carbons (Fsp3) is 0.353. The Labute approximate surface area is 209 Å². The van der Waals surface area contributed by atoms with E-state index in [9.17, 15) is 0 Å². The second-order valence-corrected chi connectivity index (χ2v) is 11.1. The van der Waals surface area contributed by atoms with Crippen molar-refractivity contribution < 1.29 is 0 Å². The molecule has 0 heterocycles. The van der Waals surface area contributed by atoms with Crippen LogP contribution in [0.3, 0.4) is 0 Å². The zero-order valence-electron chi connectivity index (χ0n) is 20.8. The highest BCUT2D eigenvalue weighted by molar-refractivity contribution is 5.87. The molecule has 0 aliphatic heterocycles. The van der Waals surface area contributed by atoms with Crippen LogP contribution in [0.5, 0.6) is 0 Å². The summed E-state index contributed by atoms with van der Waals surface area (Å²) in [6.07, 6.45) is 7.78. The minimum atomic E-state index is 0.0910. The monoisotopic (exact) mass is 457 g/mol. The predicted molar refractivity (Wildman–Crippen MR) is 147 cm³/mol. The van der Waals surface area contributed by atoms with Gasteiger partial charge in [-0.3, -0.25) is 0 Å². The van der Waals surface area contributed by atoms with E-state index >= 15 is 0 Å².